The zero-order chi connectivity index (χ0) is 15.2. The van der Waals surface area contributed by atoms with E-state index in [0.29, 0.717) is 5.56 Å². The first-order valence-electron chi connectivity index (χ1n) is 6.52. The molecule has 0 atom stereocenters. The van der Waals surface area contributed by atoms with Crippen LogP contribution in [0.1, 0.15) is 5.56 Å². The normalized spacial score (nSPS) is 12.0. The maximum atomic E-state index is 11.9. The summed E-state index contributed by atoms with van der Waals surface area (Å²) in [5, 5.41) is 0.775. The molecule has 0 saturated carbocycles. The molecular formula is C16H15NO3S. The van der Waals surface area contributed by atoms with Crippen LogP contribution in [-0.2, 0) is 17.2 Å². The number of aryl methyl sites for hydroxylation is 2. The van der Waals surface area contributed by atoms with Crippen LogP contribution in [0.3, 0.4) is 0 Å². The van der Waals surface area contributed by atoms with Crippen LogP contribution in [0.5, 0.6) is 0 Å². The van der Waals surface area contributed by atoms with Crippen LogP contribution >= 0.6 is 0 Å². The van der Waals surface area contributed by atoms with Gasteiger partial charge < -0.3 is 4.57 Å². The molecular weight excluding hydrogens is 286 g/mol. The van der Waals surface area contributed by atoms with Gasteiger partial charge in [0.15, 0.2) is 5.03 Å². The molecule has 0 saturated heterocycles. The largest absolute Gasteiger partial charge is 0.332 e. The van der Waals surface area contributed by atoms with Crippen molar-refractivity contribution in [1.29, 1.82) is 0 Å². The lowest BCUT2D eigenvalue weighted by Gasteiger charge is -2.05. The Morgan fingerprint density at radius 3 is 2.29 bits per heavy atom. The molecule has 0 aliphatic rings. The van der Waals surface area contributed by atoms with Crippen molar-refractivity contribution in [2.75, 3.05) is 0 Å². The third-order valence-electron chi connectivity index (χ3n) is 3.69. The van der Waals surface area contributed by atoms with Gasteiger partial charge in [-0.15, -0.1) is 0 Å². The van der Waals surface area contributed by atoms with Crippen molar-refractivity contribution in [3.8, 4) is 11.1 Å². The molecule has 108 valence electrons. The van der Waals surface area contributed by atoms with Crippen LogP contribution in [-0.4, -0.2) is 17.5 Å². The first-order valence-corrected chi connectivity index (χ1v) is 7.96. The van der Waals surface area contributed by atoms with Gasteiger partial charge in [-0.2, -0.15) is 8.42 Å². The standard InChI is InChI=1S/C16H15NO3S/c1-11-7-6-10-13-14(11)15(12-8-4-3-5-9-12)16(17(13)2)21(18,19)20/h3-10H,1-2H3,(H,18,19,20). The number of nitrogens with zero attached hydrogens (tertiary/aromatic N) is 1. The lowest BCUT2D eigenvalue weighted by molar-refractivity contribution is 0.475. The average molecular weight is 301 g/mol. The molecule has 2 aromatic carbocycles. The van der Waals surface area contributed by atoms with E-state index in [2.05, 4.69) is 0 Å². The van der Waals surface area contributed by atoms with E-state index >= 15 is 0 Å². The Labute approximate surface area is 123 Å². The van der Waals surface area contributed by atoms with Crippen LogP contribution < -0.4 is 0 Å². The third kappa shape index (κ3) is 2.14. The Morgan fingerprint density at radius 1 is 1.00 bits per heavy atom. The van der Waals surface area contributed by atoms with Gasteiger partial charge in [0.05, 0.1) is 0 Å². The third-order valence-corrected chi connectivity index (χ3v) is 4.65. The fourth-order valence-electron chi connectivity index (χ4n) is 2.82. The van der Waals surface area contributed by atoms with E-state index < -0.39 is 10.1 Å². The second kappa shape index (κ2) is 4.72. The highest BCUT2D eigenvalue weighted by Gasteiger charge is 2.26. The maximum Gasteiger partial charge on any atom is 0.310 e. The van der Waals surface area contributed by atoms with Crippen molar-refractivity contribution in [2.45, 2.75) is 11.9 Å². The molecule has 0 spiro atoms. The zero-order valence-corrected chi connectivity index (χ0v) is 12.6. The lowest BCUT2D eigenvalue weighted by Crippen LogP contribution is -2.06. The van der Waals surface area contributed by atoms with Gasteiger partial charge >= 0.3 is 10.1 Å². The van der Waals surface area contributed by atoms with Crippen LogP contribution in [0.25, 0.3) is 22.0 Å². The second-order valence-corrected chi connectivity index (χ2v) is 6.39. The summed E-state index contributed by atoms with van der Waals surface area (Å²) < 4.78 is 34.9. The molecule has 0 aliphatic heterocycles. The zero-order valence-electron chi connectivity index (χ0n) is 11.7. The minimum Gasteiger partial charge on any atom is -0.332 e. The second-order valence-electron chi connectivity index (χ2n) is 5.05. The fraction of sp³-hybridized carbons (Fsp3) is 0.125. The number of benzene rings is 2. The predicted molar refractivity (Wildman–Crippen MR) is 82.9 cm³/mol. The number of rotatable bonds is 2. The summed E-state index contributed by atoms with van der Waals surface area (Å²) in [4.78, 5) is 0. The Kier molecular flexibility index (Phi) is 3.11. The molecule has 3 aromatic rings. The van der Waals surface area contributed by atoms with E-state index in [0.717, 1.165) is 22.0 Å². The van der Waals surface area contributed by atoms with E-state index in [4.69, 9.17) is 0 Å². The Balaban J connectivity index is 2.58. The molecule has 0 bridgehead atoms. The van der Waals surface area contributed by atoms with Gasteiger partial charge in [0.1, 0.15) is 0 Å². The summed E-state index contributed by atoms with van der Waals surface area (Å²) in [7, 11) is -2.68. The van der Waals surface area contributed by atoms with Gasteiger partial charge in [0.25, 0.3) is 0 Å². The van der Waals surface area contributed by atoms with E-state index in [1.165, 1.54) is 4.57 Å². The number of hydrogen-bond acceptors (Lipinski definition) is 2. The molecule has 0 aliphatic carbocycles. The summed E-state index contributed by atoms with van der Waals surface area (Å²) in [5.41, 5.74) is 3.07. The van der Waals surface area contributed by atoms with Crippen molar-refractivity contribution < 1.29 is 13.0 Å². The predicted octanol–water partition coefficient (Wildman–Crippen LogP) is 3.40. The highest BCUT2D eigenvalue weighted by atomic mass is 32.2. The first-order chi connectivity index (χ1) is 9.91. The molecule has 21 heavy (non-hydrogen) atoms. The smallest absolute Gasteiger partial charge is 0.310 e. The van der Waals surface area contributed by atoms with Gasteiger partial charge in [0.2, 0.25) is 0 Å². The molecule has 1 heterocycles. The fourth-order valence-corrected chi connectivity index (χ4v) is 3.74. The van der Waals surface area contributed by atoms with Crippen LogP contribution in [0.15, 0.2) is 53.6 Å². The molecule has 4 nitrogen and oxygen atoms in total. The summed E-state index contributed by atoms with van der Waals surface area (Å²) in [5.74, 6) is 0. The van der Waals surface area contributed by atoms with Crippen LogP contribution in [0, 0.1) is 6.92 Å². The lowest BCUT2D eigenvalue weighted by atomic mass is 10.0. The highest BCUT2D eigenvalue weighted by molar-refractivity contribution is 7.85. The quantitative estimate of drug-likeness (QED) is 0.738. The molecule has 1 N–H and O–H groups in total. The topological polar surface area (TPSA) is 59.3 Å². The number of hydrogen-bond donors (Lipinski definition) is 1. The van der Waals surface area contributed by atoms with Crippen LogP contribution in [0.2, 0.25) is 0 Å². The average Bonchev–Trinajstić information content (AvgIpc) is 2.75. The summed E-state index contributed by atoms with van der Waals surface area (Å²) >= 11 is 0. The van der Waals surface area contributed by atoms with Crippen molar-refractivity contribution in [3.05, 3.63) is 54.1 Å². The van der Waals surface area contributed by atoms with Gasteiger partial charge in [-0.25, -0.2) is 0 Å². The van der Waals surface area contributed by atoms with E-state index in [1.807, 2.05) is 55.5 Å². The molecule has 0 fully saturated rings. The van der Waals surface area contributed by atoms with Gasteiger partial charge in [-0.05, 0) is 24.1 Å². The Hall–Kier alpha value is -2.11. The molecule has 5 heteroatoms. The minimum absolute atomic E-state index is 0.0713. The van der Waals surface area contributed by atoms with Crippen LogP contribution in [0.4, 0.5) is 0 Å². The monoisotopic (exact) mass is 301 g/mol. The summed E-state index contributed by atoms with van der Waals surface area (Å²) in [6.07, 6.45) is 0. The minimum atomic E-state index is -4.33. The molecule has 0 radical (unpaired) electrons. The van der Waals surface area contributed by atoms with E-state index in [-0.39, 0.29) is 5.03 Å². The van der Waals surface area contributed by atoms with Crippen molar-refractivity contribution in [3.63, 3.8) is 0 Å². The van der Waals surface area contributed by atoms with Gasteiger partial charge in [0, 0.05) is 23.5 Å². The Bertz CT molecular complexity index is 925. The molecule has 0 amide bonds. The number of fused-ring (bicyclic) bond motifs is 1. The Morgan fingerprint density at radius 2 is 1.67 bits per heavy atom. The molecule has 1 aromatic heterocycles. The van der Waals surface area contributed by atoms with Gasteiger partial charge in [-0.3, -0.25) is 4.55 Å². The van der Waals surface area contributed by atoms with Crippen molar-refractivity contribution in [2.24, 2.45) is 7.05 Å². The SMILES string of the molecule is Cc1cccc2c1c(-c1ccccc1)c(S(=O)(=O)O)n2C. The highest BCUT2D eigenvalue weighted by Crippen LogP contribution is 2.38. The summed E-state index contributed by atoms with van der Waals surface area (Å²) in [6.45, 7) is 1.93. The molecule has 3 rings (SSSR count). The van der Waals surface area contributed by atoms with Crippen molar-refractivity contribution in [1.82, 2.24) is 4.57 Å². The van der Waals surface area contributed by atoms with Crippen molar-refractivity contribution >= 4 is 21.0 Å². The van der Waals surface area contributed by atoms with E-state index in [1.54, 1.807) is 7.05 Å². The van der Waals surface area contributed by atoms with Gasteiger partial charge in [-0.1, -0.05) is 42.5 Å². The first kappa shape index (κ1) is 13.9. The molecule has 0 unspecified atom stereocenters. The van der Waals surface area contributed by atoms with E-state index in [9.17, 15) is 13.0 Å². The summed E-state index contributed by atoms with van der Waals surface area (Å²) in [6, 6.07) is 14.9. The number of aromatic nitrogens is 1. The maximum absolute atomic E-state index is 11.9.